The summed E-state index contributed by atoms with van der Waals surface area (Å²) in [6, 6.07) is 8.43. The first kappa shape index (κ1) is 9.68. The average molecular weight is 222 g/mol. The van der Waals surface area contributed by atoms with Crippen molar-refractivity contribution in [1.29, 1.82) is 0 Å². The quantitative estimate of drug-likeness (QED) is 0.828. The molecule has 1 aromatic rings. The molecule has 2 bridgehead atoms. The topological polar surface area (TPSA) is 12.0 Å². The van der Waals surface area contributed by atoms with E-state index in [1.54, 1.807) is 0 Å². The van der Waals surface area contributed by atoms with Crippen molar-refractivity contribution < 1.29 is 0 Å². The Morgan fingerprint density at radius 3 is 2.33 bits per heavy atom. The van der Waals surface area contributed by atoms with Crippen LogP contribution in [-0.4, -0.2) is 13.6 Å². The molecule has 3 fully saturated rings. The van der Waals surface area contributed by atoms with Crippen LogP contribution in [0.1, 0.15) is 24.8 Å². The lowest BCUT2D eigenvalue weighted by Crippen LogP contribution is -2.67. The van der Waals surface area contributed by atoms with Gasteiger partial charge in [0.15, 0.2) is 0 Å². The summed E-state index contributed by atoms with van der Waals surface area (Å²) in [6.07, 6.45) is 4.09. The zero-order valence-electron chi connectivity index (χ0n) is 9.02. The zero-order valence-corrected chi connectivity index (χ0v) is 9.77. The summed E-state index contributed by atoms with van der Waals surface area (Å²) < 4.78 is 0. The van der Waals surface area contributed by atoms with Crippen molar-refractivity contribution in [2.45, 2.75) is 24.7 Å². The van der Waals surface area contributed by atoms with E-state index in [2.05, 4.69) is 24.5 Å². The standard InChI is InChI=1S/C13H16ClN/c1-15-9-12-6-13(7-12,8-12)10-2-4-11(14)5-3-10/h2-5,15H,6-9H2,1H3. The van der Waals surface area contributed by atoms with E-state index >= 15 is 0 Å². The zero-order chi connectivity index (χ0) is 10.5. The van der Waals surface area contributed by atoms with Crippen LogP contribution in [0.2, 0.25) is 5.02 Å². The SMILES string of the molecule is CNCC12CC(c3ccc(Cl)cc3)(C1)C2. The summed E-state index contributed by atoms with van der Waals surface area (Å²) in [5, 5.41) is 4.15. The van der Waals surface area contributed by atoms with Crippen LogP contribution in [0.3, 0.4) is 0 Å². The van der Waals surface area contributed by atoms with Crippen LogP contribution in [0.5, 0.6) is 0 Å². The molecule has 4 rings (SSSR count). The molecule has 1 aromatic carbocycles. The van der Waals surface area contributed by atoms with Gasteiger partial charge >= 0.3 is 0 Å². The predicted molar refractivity (Wildman–Crippen MR) is 63.3 cm³/mol. The van der Waals surface area contributed by atoms with Gasteiger partial charge in [-0.25, -0.2) is 0 Å². The van der Waals surface area contributed by atoms with Crippen molar-refractivity contribution in [3.63, 3.8) is 0 Å². The molecule has 3 aliphatic rings. The molecule has 0 atom stereocenters. The van der Waals surface area contributed by atoms with Gasteiger partial charge in [-0.2, -0.15) is 0 Å². The fourth-order valence-corrected chi connectivity index (χ4v) is 3.80. The normalized spacial score (nSPS) is 36.9. The maximum atomic E-state index is 5.90. The number of hydrogen-bond acceptors (Lipinski definition) is 1. The molecule has 0 heterocycles. The van der Waals surface area contributed by atoms with Gasteiger partial charge in [0.25, 0.3) is 0 Å². The second-order valence-electron chi connectivity index (χ2n) is 5.35. The van der Waals surface area contributed by atoms with Gasteiger partial charge in [0.05, 0.1) is 0 Å². The van der Waals surface area contributed by atoms with Crippen LogP contribution in [0, 0.1) is 5.41 Å². The molecule has 0 radical (unpaired) electrons. The van der Waals surface area contributed by atoms with Gasteiger partial charge < -0.3 is 5.32 Å². The summed E-state index contributed by atoms with van der Waals surface area (Å²) in [4.78, 5) is 0. The third-order valence-electron chi connectivity index (χ3n) is 4.15. The number of rotatable bonds is 3. The van der Waals surface area contributed by atoms with Gasteiger partial charge in [-0.05, 0) is 54.8 Å². The third kappa shape index (κ3) is 1.26. The van der Waals surface area contributed by atoms with E-state index < -0.39 is 0 Å². The molecule has 15 heavy (non-hydrogen) atoms. The van der Waals surface area contributed by atoms with Crippen molar-refractivity contribution in [3.05, 3.63) is 34.9 Å². The van der Waals surface area contributed by atoms with Crippen LogP contribution >= 0.6 is 11.6 Å². The van der Waals surface area contributed by atoms with Gasteiger partial charge in [0.2, 0.25) is 0 Å². The first-order valence-corrected chi connectivity index (χ1v) is 5.97. The molecular formula is C13H16ClN. The number of nitrogens with one attached hydrogen (secondary N) is 1. The molecule has 0 saturated heterocycles. The summed E-state index contributed by atoms with van der Waals surface area (Å²) in [7, 11) is 2.05. The van der Waals surface area contributed by atoms with E-state index in [0.29, 0.717) is 10.8 Å². The molecule has 0 unspecified atom stereocenters. The van der Waals surface area contributed by atoms with E-state index in [1.165, 1.54) is 31.4 Å². The largest absolute Gasteiger partial charge is 0.319 e. The van der Waals surface area contributed by atoms with Crippen LogP contribution < -0.4 is 5.32 Å². The second kappa shape index (κ2) is 2.99. The number of benzene rings is 1. The summed E-state index contributed by atoms with van der Waals surface area (Å²) in [5.74, 6) is 0. The van der Waals surface area contributed by atoms with Crippen LogP contribution in [0.4, 0.5) is 0 Å². The fraction of sp³-hybridized carbons (Fsp3) is 0.538. The molecule has 0 spiro atoms. The van der Waals surface area contributed by atoms with E-state index in [9.17, 15) is 0 Å². The molecular weight excluding hydrogens is 206 g/mol. The minimum Gasteiger partial charge on any atom is -0.319 e. The lowest BCUT2D eigenvalue weighted by molar-refractivity contribution is -0.137. The van der Waals surface area contributed by atoms with Gasteiger partial charge in [-0.15, -0.1) is 0 Å². The van der Waals surface area contributed by atoms with Crippen molar-refractivity contribution >= 4 is 11.6 Å². The minimum atomic E-state index is 0.515. The highest BCUT2D eigenvalue weighted by Crippen LogP contribution is 2.73. The Kier molecular flexibility index (Phi) is 1.93. The number of halogens is 1. The van der Waals surface area contributed by atoms with Gasteiger partial charge in [0.1, 0.15) is 0 Å². The summed E-state index contributed by atoms with van der Waals surface area (Å²) in [5.41, 5.74) is 2.64. The highest BCUT2D eigenvalue weighted by molar-refractivity contribution is 6.30. The summed E-state index contributed by atoms with van der Waals surface area (Å²) in [6.45, 7) is 1.18. The smallest absolute Gasteiger partial charge is 0.0406 e. The van der Waals surface area contributed by atoms with Crippen molar-refractivity contribution in [3.8, 4) is 0 Å². The van der Waals surface area contributed by atoms with Crippen molar-refractivity contribution in [2.75, 3.05) is 13.6 Å². The van der Waals surface area contributed by atoms with E-state index in [4.69, 9.17) is 11.6 Å². The number of hydrogen-bond donors (Lipinski definition) is 1. The maximum absolute atomic E-state index is 5.90. The molecule has 2 heteroatoms. The monoisotopic (exact) mass is 221 g/mol. The van der Waals surface area contributed by atoms with E-state index in [-0.39, 0.29) is 0 Å². The van der Waals surface area contributed by atoms with Crippen LogP contribution in [-0.2, 0) is 5.41 Å². The molecule has 1 nitrogen and oxygen atoms in total. The van der Waals surface area contributed by atoms with Gasteiger partial charge in [-0.1, -0.05) is 23.7 Å². The first-order chi connectivity index (χ1) is 7.18. The molecule has 0 aliphatic heterocycles. The average Bonchev–Trinajstić information content (AvgIpc) is 2.11. The molecule has 0 aromatic heterocycles. The van der Waals surface area contributed by atoms with Gasteiger partial charge in [0, 0.05) is 11.6 Å². The highest BCUT2D eigenvalue weighted by atomic mass is 35.5. The van der Waals surface area contributed by atoms with Gasteiger partial charge in [-0.3, -0.25) is 0 Å². The molecule has 3 aliphatic carbocycles. The van der Waals surface area contributed by atoms with Crippen molar-refractivity contribution in [2.24, 2.45) is 5.41 Å². The Bertz CT molecular complexity index is 362. The van der Waals surface area contributed by atoms with E-state index in [0.717, 1.165) is 5.02 Å². The first-order valence-electron chi connectivity index (χ1n) is 5.59. The molecule has 80 valence electrons. The Hall–Kier alpha value is -0.530. The summed E-state index contributed by atoms with van der Waals surface area (Å²) >= 11 is 5.90. The Morgan fingerprint density at radius 1 is 1.20 bits per heavy atom. The maximum Gasteiger partial charge on any atom is 0.0406 e. The third-order valence-corrected chi connectivity index (χ3v) is 4.40. The van der Waals surface area contributed by atoms with Crippen molar-refractivity contribution in [1.82, 2.24) is 5.32 Å². The predicted octanol–water partition coefficient (Wildman–Crippen LogP) is 2.98. The fourth-order valence-electron chi connectivity index (χ4n) is 3.67. The highest BCUT2D eigenvalue weighted by Gasteiger charge is 2.67. The molecule has 1 N–H and O–H groups in total. The van der Waals surface area contributed by atoms with Crippen LogP contribution in [0.25, 0.3) is 0 Å². The lowest BCUT2D eigenvalue weighted by Gasteiger charge is -2.71. The second-order valence-corrected chi connectivity index (χ2v) is 5.78. The minimum absolute atomic E-state index is 0.515. The Morgan fingerprint density at radius 2 is 1.80 bits per heavy atom. The Balaban J connectivity index is 1.75. The van der Waals surface area contributed by atoms with E-state index in [1.807, 2.05) is 12.1 Å². The molecule has 0 amide bonds. The van der Waals surface area contributed by atoms with Crippen LogP contribution in [0.15, 0.2) is 24.3 Å². The molecule has 3 saturated carbocycles. The lowest BCUT2D eigenvalue weighted by atomic mass is 9.33. The Labute approximate surface area is 95.8 Å².